The second-order valence-corrected chi connectivity index (χ2v) is 5.20. The van der Waals surface area contributed by atoms with Gasteiger partial charge >= 0.3 is 5.97 Å². The number of hydrogen-bond acceptors (Lipinski definition) is 3. The highest BCUT2D eigenvalue weighted by Crippen LogP contribution is 2.12. The number of hydrogen-bond donors (Lipinski definition) is 1. The zero-order valence-electron chi connectivity index (χ0n) is 11.2. The molecule has 0 aromatic rings. The van der Waals surface area contributed by atoms with E-state index in [9.17, 15) is 9.59 Å². The van der Waals surface area contributed by atoms with E-state index in [2.05, 4.69) is 11.2 Å². The van der Waals surface area contributed by atoms with Gasteiger partial charge in [0.25, 0.3) is 0 Å². The van der Waals surface area contributed by atoms with Gasteiger partial charge in [0.2, 0.25) is 5.91 Å². The van der Waals surface area contributed by atoms with Gasteiger partial charge in [-0.1, -0.05) is 19.8 Å². The molecular weight excluding hydrogens is 218 g/mol. The SMILES string of the molecule is C#CCC(=O)N[C@@H](C(=O)OC(C)(C)C)C(C)C. The first-order chi connectivity index (χ1) is 7.67. The molecule has 0 fully saturated rings. The topological polar surface area (TPSA) is 55.4 Å². The van der Waals surface area contributed by atoms with Crippen LogP contribution >= 0.6 is 0 Å². The molecule has 0 heterocycles. The molecule has 0 rings (SSSR count). The maximum Gasteiger partial charge on any atom is 0.329 e. The molecule has 0 spiro atoms. The van der Waals surface area contributed by atoms with Crippen molar-refractivity contribution in [3.05, 3.63) is 0 Å². The van der Waals surface area contributed by atoms with Crippen molar-refractivity contribution >= 4 is 11.9 Å². The monoisotopic (exact) mass is 239 g/mol. The molecule has 0 unspecified atom stereocenters. The normalized spacial score (nSPS) is 12.8. The van der Waals surface area contributed by atoms with Gasteiger partial charge in [-0.05, 0) is 26.7 Å². The zero-order valence-corrected chi connectivity index (χ0v) is 11.2. The van der Waals surface area contributed by atoms with Gasteiger partial charge in [-0.15, -0.1) is 6.42 Å². The first kappa shape index (κ1) is 15.5. The van der Waals surface area contributed by atoms with E-state index in [4.69, 9.17) is 11.2 Å². The van der Waals surface area contributed by atoms with Crippen molar-refractivity contribution in [2.45, 2.75) is 52.7 Å². The molecule has 1 atom stereocenters. The molecule has 0 aliphatic heterocycles. The summed E-state index contributed by atoms with van der Waals surface area (Å²) in [7, 11) is 0. The molecule has 1 N–H and O–H groups in total. The molecule has 4 heteroatoms. The maximum absolute atomic E-state index is 11.9. The van der Waals surface area contributed by atoms with E-state index in [1.807, 2.05) is 13.8 Å². The molecule has 1 amide bonds. The number of carbonyl (C=O) groups excluding carboxylic acids is 2. The van der Waals surface area contributed by atoms with E-state index in [0.29, 0.717) is 0 Å². The van der Waals surface area contributed by atoms with E-state index in [0.717, 1.165) is 0 Å². The summed E-state index contributed by atoms with van der Waals surface area (Å²) >= 11 is 0. The number of carbonyl (C=O) groups is 2. The van der Waals surface area contributed by atoms with Crippen molar-refractivity contribution in [3.8, 4) is 12.3 Å². The lowest BCUT2D eigenvalue weighted by Crippen LogP contribution is -2.47. The van der Waals surface area contributed by atoms with Gasteiger partial charge in [0.05, 0.1) is 6.42 Å². The van der Waals surface area contributed by atoms with Crippen LogP contribution in [0, 0.1) is 18.3 Å². The first-order valence-electron chi connectivity index (χ1n) is 5.63. The van der Waals surface area contributed by atoms with Crippen LogP contribution < -0.4 is 5.32 Å². The maximum atomic E-state index is 11.9. The van der Waals surface area contributed by atoms with Crippen molar-refractivity contribution in [2.24, 2.45) is 5.92 Å². The smallest absolute Gasteiger partial charge is 0.329 e. The molecule has 17 heavy (non-hydrogen) atoms. The fraction of sp³-hybridized carbons (Fsp3) is 0.692. The van der Waals surface area contributed by atoms with Crippen molar-refractivity contribution in [3.63, 3.8) is 0 Å². The lowest BCUT2D eigenvalue weighted by molar-refractivity contribution is -0.159. The van der Waals surface area contributed by atoms with Crippen LogP contribution in [0.4, 0.5) is 0 Å². The summed E-state index contributed by atoms with van der Waals surface area (Å²) in [5, 5.41) is 2.58. The van der Waals surface area contributed by atoms with E-state index in [1.54, 1.807) is 20.8 Å². The second-order valence-electron chi connectivity index (χ2n) is 5.20. The van der Waals surface area contributed by atoms with Crippen LogP contribution in [0.5, 0.6) is 0 Å². The number of nitrogens with one attached hydrogen (secondary N) is 1. The summed E-state index contributed by atoms with van der Waals surface area (Å²) in [6.45, 7) is 9.03. The third kappa shape index (κ3) is 6.62. The average Bonchev–Trinajstić information content (AvgIpc) is 2.11. The fourth-order valence-electron chi connectivity index (χ4n) is 1.18. The predicted octanol–water partition coefficient (Wildman–Crippen LogP) is 1.49. The molecule has 0 bridgehead atoms. The Balaban J connectivity index is 4.59. The molecule has 0 aliphatic rings. The highest BCUT2D eigenvalue weighted by Gasteiger charge is 2.28. The minimum absolute atomic E-state index is 0.0357. The summed E-state index contributed by atoms with van der Waals surface area (Å²) in [6, 6.07) is -0.657. The Labute approximate surface area is 103 Å². The third-order valence-electron chi connectivity index (χ3n) is 1.91. The van der Waals surface area contributed by atoms with Gasteiger partial charge in [0, 0.05) is 0 Å². The van der Waals surface area contributed by atoms with Gasteiger partial charge in [0.1, 0.15) is 11.6 Å². The van der Waals surface area contributed by atoms with Crippen LogP contribution in [0.3, 0.4) is 0 Å². The molecule has 0 saturated heterocycles. The molecular formula is C13H21NO3. The van der Waals surface area contributed by atoms with E-state index in [1.165, 1.54) is 0 Å². The lowest BCUT2D eigenvalue weighted by atomic mass is 10.0. The number of amides is 1. The molecule has 0 aromatic carbocycles. The molecule has 0 aliphatic carbocycles. The Hall–Kier alpha value is -1.50. The first-order valence-corrected chi connectivity index (χ1v) is 5.63. The van der Waals surface area contributed by atoms with Gasteiger partial charge in [-0.3, -0.25) is 4.79 Å². The highest BCUT2D eigenvalue weighted by atomic mass is 16.6. The minimum Gasteiger partial charge on any atom is -0.458 e. The summed E-state index contributed by atoms with van der Waals surface area (Å²) in [6.07, 6.45) is 5.00. The molecule has 0 saturated carbocycles. The summed E-state index contributed by atoms with van der Waals surface area (Å²) in [4.78, 5) is 23.2. The van der Waals surface area contributed by atoms with Gasteiger partial charge < -0.3 is 10.1 Å². The van der Waals surface area contributed by atoms with Crippen LogP contribution in [0.25, 0.3) is 0 Å². The van der Waals surface area contributed by atoms with Crippen molar-refractivity contribution < 1.29 is 14.3 Å². The number of rotatable bonds is 4. The van der Waals surface area contributed by atoms with Crippen molar-refractivity contribution in [1.29, 1.82) is 0 Å². The Kier molecular flexibility index (Phi) is 5.73. The number of esters is 1. The fourth-order valence-corrected chi connectivity index (χ4v) is 1.18. The van der Waals surface area contributed by atoms with Crippen LogP contribution in [-0.4, -0.2) is 23.5 Å². The molecule has 96 valence electrons. The zero-order chi connectivity index (χ0) is 13.6. The van der Waals surface area contributed by atoms with Gasteiger partial charge in [-0.2, -0.15) is 0 Å². The van der Waals surface area contributed by atoms with Crippen LogP contribution in [0.2, 0.25) is 0 Å². The highest BCUT2D eigenvalue weighted by molar-refractivity contribution is 5.85. The van der Waals surface area contributed by atoms with Crippen LogP contribution in [0.15, 0.2) is 0 Å². The van der Waals surface area contributed by atoms with Crippen LogP contribution in [0.1, 0.15) is 41.0 Å². The quantitative estimate of drug-likeness (QED) is 0.597. The molecule has 0 aromatic heterocycles. The average molecular weight is 239 g/mol. The molecule has 4 nitrogen and oxygen atoms in total. The lowest BCUT2D eigenvalue weighted by Gasteiger charge is -2.26. The summed E-state index contributed by atoms with van der Waals surface area (Å²) < 4.78 is 5.23. The number of terminal acetylenes is 1. The second kappa shape index (κ2) is 6.29. The van der Waals surface area contributed by atoms with Crippen LogP contribution in [-0.2, 0) is 14.3 Å². The summed E-state index contributed by atoms with van der Waals surface area (Å²) in [5.74, 6) is 1.42. The Morgan fingerprint density at radius 1 is 1.35 bits per heavy atom. The summed E-state index contributed by atoms with van der Waals surface area (Å²) in [5.41, 5.74) is -0.568. The number of ether oxygens (including phenoxy) is 1. The van der Waals surface area contributed by atoms with Gasteiger partial charge in [-0.25, -0.2) is 4.79 Å². The standard InChI is InChI=1S/C13H21NO3/c1-7-8-10(15)14-11(9(2)3)12(16)17-13(4,5)6/h1,9,11H,8H2,2-6H3,(H,14,15)/t11-/m1/s1. The third-order valence-corrected chi connectivity index (χ3v) is 1.91. The van der Waals surface area contributed by atoms with E-state index < -0.39 is 17.6 Å². The Bertz CT molecular complexity index is 321. The Morgan fingerprint density at radius 2 is 1.88 bits per heavy atom. The van der Waals surface area contributed by atoms with E-state index in [-0.39, 0.29) is 18.2 Å². The largest absolute Gasteiger partial charge is 0.458 e. The predicted molar refractivity (Wildman–Crippen MR) is 66.1 cm³/mol. The van der Waals surface area contributed by atoms with Crippen molar-refractivity contribution in [1.82, 2.24) is 5.32 Å². The van der Waals surface area contributed by atoms with E-state index >= 15 is 0 Å². The van der Waals surface area contributed by atoms with Gasteiger partial charge in [0.15, 0.2) is 0 Å². The van der Waals surface area contributed by atoms with Crippen molar-refractivity contribution in [2.75, 3.05) is 0 Å². The minimum atomic E-state index is -0.657. The molecule has 0 radical (unpaired) electrons. The Morgan fingerprint density at radius 3 is 2.24 bits per heavy atom.